The molecule has 2 aromatic carbocycles. The first-order valence-electron chi connectivity index (χ1n) is 8.00. The largest absolute Gasteiger partial charge is 0.505 e. The zero-order valence-corrected chi connectivity index (χ0v) is 14.8. The van der Waals surface area contributed by atoms with Crippen molar-refractivity contribution in [3.8, 4) is 16.9 Å². The van der Waals surface area contributed by atoms with Gasteiger partial charge in [-0.15, -0.1) is 5.10 Å². The maximum absolute atomic E-state index is 9.90. The number of nitrogens with one attached hydrogen (secondary N) is 2. The van der Waals surface area contributed by atoms with Crippen molar-refractivity contribution in [2.75, 3.05) is 5.32 Å². The summed E-state index contributed by atoms with van der Waals surface area (Å²) in [6.07, 6.45) is 3.69. The summed E-state index contributed by atoms with van der Waals surface area (Å²) in [5.41, 5.74) is 5.61. The predicted octanol–water partition coefficient (Wildman–Crippen LogP) is 5.15. The molecular formula is C19H12Cl2N4O. The van der Waals surface area contributed by atoms with Gasteiger partial charge in [0.2, 0.25) is 0 Å². The highest BCUT2D eigenvalue weighted by Crippen LogP contribution is 2.44. The molecule has 0 saturated heterocycles. The van der Waals surface area contributed by atoms with Gasteiger partial charge in [-0.2, -0.15) is 5.10 Å². The second-order valence-corrected chi connectivity index (χ2v) is 7.00. The number of aromatic hydroxyl groups is 1. The molecule has 7 heteroatoms. The molecule has 3 N–H and O–H groups in total. The molecule has 0 bridgehead atoms. The lowest BCUT2D eigenvalue weighted by Gasteiger charge is -2.20. The van der Waals surface area contributed by atoms with Crippen molar-refractivity contribution in [2.24, 2.45) is 0 Å². The SMILES string of the molecule is Oc1c(Cl)cc(C2Nc3ccccc3-c3cnnc4[nH]cc2c34)cc1Cl. The van der Waals surface area contributed by atoms with Crippen LogP contribution in [0.15, 0.2) is 48.8 Å². The number of aromatic amines is 1. The molecule has 1 atom stereocenters. The summed E-state index contributed by atoms with van der Waals surface area (Å²) in [6, 6.07) is 11.3. The van der Waals surface area contributed by atoms with E-state index in [1.807, 2.05) is 24.4 Å². The van der Waals surface area contributed by atoms with E-state index >= 15 is 0 Å². The molecule has 26 heavy (non-hydrogen) atoms. The molecule has 1 unspecified atom stereocenters. The molecule has 1 aliphatic rings. The Balaban J connectivity index is 1.83. The van der Waals surface area contributed by atoms with Gasteiger partial charge in [0.15, 0.2) is 11.4 Å². The number of hydrogen-bond donors (Lipinski definition) is 3. The molecule has 0 aliphatic carbocycles. The third kappa shape index (κ3) is 2.18. The zero-order valence-electron chi connectivity index (χ0n) is 13.3. The molecule has 3 heterocycles. The first-order valence-corrected chi connectivity index (χ1v) is 8.75. The van der Waals surface area contributed by atoms with Gasteiger partial charge in [0.25, 0.3) is 0 Å². The third-order valence-electron chi connectivity index (χ3n) is 4.70. The van der Waals surface area contributed by atoms with Crippen LogP contribution in [-0.4, -0.2) is 20.3 Å². The number of rotatable bonds is 1. The van der Waals surface area contributed by atoms with Gasteiger partial charge in [0.05, 0.1) is 22.3 Å². The van der Waals surface area contributed by atoms with E-state index in [4.69, 9.17) is 23.2 Å². The molecule has 0 spiro atoms. The standard InChI is InChI=1S/C19H12Cl2N4O/c20-13-5-9(6-14(21)18(13)26)17-12-7-22-19-16(12)11(8-23-25-19)10-3-1-2-4-15(10)24-17/h1-8,17,24,26H,(H,22,25). The van der Waals surface area contributed by atoms with Crippen LogP contribution in [0.5, 0.6) is 5.75 Å². The van der Waals surface area contributed by atoms with E-state index in [2.05, 4.69) is 26.6 Å². The number of phenols is 1. The number of hydrogen-bond acceptors (Lipinski definition) is 4. The highest BCUT2D eigenvalue weighted by Gasteiger charge is 2.27. The Bertz CT molecular complexity index is 1150. The number of fused-ring (bicyclic) bond motifs is 2. The normalized spacial score (nSPS) is 15.4. The molecule has 0 fully saturated rings. The predicted molar refractivity (Wildman–Crippen MR) is 103 cm³/mol. The van der Waals surface area contributed by atoms with Crippen LogP contribution in [0.4, 0.5) is 5.69 Å². The first-order chi connectivity index (χ1) is 12.6. The maximum Gasteiger partial charge on any atom is 0.160 e. The summed E-state index contributed by atoms with van der Waals surface area (Å²) in [5, 5.41) is 23.2. The zero-order chi connectivity index (χ0) is 17.8. The Morgan fingerprint density at radius 1 is 1.04 bits per heavy atom. The smallest absolute Gasteiger partial charge is 0.160 e. The topological polar surface area (TPSA) is 73.8 Å². The monoisotopic (exact) mass is 382 g/mol. The average Bonchev–Trinajstić information content (AvgIpc) is 3.01. The number of benzene rings is 2. The second-order valence-electron chi connectivity index (χ2n) is 6.18. The number of anilines is 1. The van der Waals surface area contributed by atoms with Crippen LogP contribution in [0.3, 0.4) is 0 Å². The van der Waals surface area contributed by atoms with E-state index in [-0.39, 0.29) is 21.8 Å². The fourth-order valence-electron chi connectivity index (χ4n) is 3.52. The van der Waals surface area contributed by atoms with E-state index < -0.39 is 0 Å². The minimum absolute atomic E-state index is 0.114. The van der Waals surface area contributed by atoms with Crippen molar-refractivity contribution in [2.45, 2.75) is 6.04 Å². The lowest BCUT2D eigenvalue weighted by molar-refractivity contribution is 0.475. The van der Waals surface area contributed by atoms with Crippen LogP contribution in [0.1, 0.15) is 17.2 Å². The van der Waals surface area contributed by atoms with E-state index in [0.717, 1.165) is 39.0 Å². The Morgan fingerprint density at radius 2 is 1.81 bits per heavy atom. The lowest BCUT2D eigenvalue weighted by Crippen LogP contribution is -2.11. The van der Waals surface area contributed by atoms with Crippen molar-refractivity contribution in [1.29, 1.82) is 0 Å². The quantitative estimate of drug-likeness (QED) is 0.425. The van der Waals surface area contributed by atoms with Crippen molar-refractivity contribution in [3.63, 3.8) is 0 Å². The van der Waals surface area contributed by atoms with Gasteiger partial charge < -0.3 is 15.4 Å². The Hall–Kier alpha value is -2.76. The highest BCUT2D eigenvalue weighted by molar-refractivity contribution is 6.37. The summed E-state index contributed by atoms with van der Waals surface area (Å²) in [6.45, 7) is 0. The molecule has 5 nitrogen and oxygen atoms in total. The van der Waals surface area contributed by atoms with E-state index in [1.54, 1.807) is 18.3 Å². The molecule has 1 aliphatic heterocycles. The van der Waals surface area contributed by atoms with Crippen LogP contribution in [0, 0.1) is 0 Å². The first kappa shape index (κ1) is 15.5. The molecular weight excluding hydrogens is 371 g/mol. The fourth-order valence-corrected chi connectivity index (χ4v) is 4.03. The molecule has 2 aromatic heterocycles. The Kier molecular flexibility index (Phi) is 3.35. The Morgan fingerprint density at radius 3 is 2.62 bits per heavy atom. The molecule has 128 valence electrons. The van der Waals surface area contributed by atoms with Gasteiger partial charge in [0, 0.05) is 34.0 Å². The fraction of sp³-hybridized carbons (Fsp3) is 0.0526. The molecule has 5 rings (SSSR count). The number of nitrogens with zero attached hydrogens (tertiary/aromatic N) is 2. The molecule has 0 saturated carbocycles. The molecule has 4 aromatic rings. The number of phenolic OH excluding ortho intramolecular Hbond substituents is 1. The average molecular weight is 383 g/mol. The third-order valence-corrected chi connectivity index (χ3v) is 5.28. The van der Waals surface area contributed by atoms with E-state index in [1.165, 1.54) is 0 Å². The molecule has 0 amide bonds. The maximum atomic E-state index is 9.90. The second kappa shape index (κ2) is 5.62. The number of H-pyrrole nitrogens is 1. The minimum Gasteiger partial charge on any atom is -0.505 e. The van der Waals surface area contributed by atoms with Crippen molar-refractivity contribution in [1.82, 2.24) is 15.2 Å². The van der Waals surface area contributed by atoms with Gasteiger partial charge >= 0.3 is 0 Å². The van der Waals surface area contributed by atoms with Crippen molar-refractivity contribution in [3.05, 3.63) is 70.0 Å². The number of para-hydroxylation sites is 1. The van der Waals surface area contributed by atoms with Crippen LogP contribution in [0.25, 0.3) is 22.2 Å². The van der Waals surface area contributed by atoms with Gasteiger partial charge in [-0.05, 0) is 23.8 Å². The molecule has 0 radical (unpaired) electrons. The van der Waals surface area contributed by atoms with Crippen LogP contribution < -0.4 is 5.32 Å². The summed E-state index contributed by atoms with van der Waals surface area (Å²) >= 11 is 12.3. The summed E-state index contributed by atoms with van der Waals surface area (Å²) < 4.78 is 0. The van der Waals surface area contributed by atoms with Crippen molar-refractivity contribution >= 4 is 39.9 Å². The van der Waals surface area contributed by atoms with Crippen LogP contribution >= 0.6 is 23.2 Å². The minimum atomic E-state index is -0.217. The summed E-state index contributed by atoms with van der Waals surface area (Å²) in [5.74, 6) is -0.114. The van der Waals surface area contributed by atoms with E-state index in [9.17, 15) is 5.11 Å². The van der Waals surface area contributed by atoms with E-state index in [0.29, 0.717) is 0 Å². The summed E-state index contributed by atoms with van der Waals surface area (Å²) in [7, 11) is 0. The van der Waals surface area contributed by atoms with Gasteiger partial charge in [-0.3, -0.25) is 0 Å². The summed E-state index contributed by atoms with van der Waals surface area (Å²) in [4.78, 5) is 3.19. The van der Waals surface area contributed by atoms with Crippen LogP contribution in [-0.2, 0) is 0 Å². The van der Waals surface area contributed by atoms with Gasteiger partial charge in [-0.1, -0.05) is 41.4 Å². The van der Waals surface area contributed by atoms with Gasteiger partial charge in [-0.25, -0.2) is 0 Å². The highest BCUT2D eigenvalue weighted by atomic mass is 35.5. The Labute approximate surface area is 158 Å². The van der Waals surface area contributed by atoms with Gasteiger partial charge in [0.1, 0.15) is 0 Å². The lowest BCUT2D eigenvalue weighted by atomic mass is 9.97. The van der Waals surface area contributed by atoms with Crippen LogP contribution in [0.2, 0.25) is 10.0 Å². The number of halogens is 2. The number of aromatic nitrogens is 3. The van der Waals surface area contributed by atoms with Crippen molar-refractivity contribution < 1.29 is 5.11 Å².